The number of likely N-dealkylation sites (tertiary alicyclic amines) is 1. The van der Waals surface area contributed by atoms with Crippen molar-refractivity contribution in [2.75, 3.05) is 32.1 Å². The fourth-order valence-electron chi connectivity index (χ4n) is 2.78. The second-order valence-corrected chi connectivity index (χ2v) is 5.18. The quantitative estimate of drug-likeness (QED) is 0.618. The number of nitrogens with one attached hydrogen (secondary N) is 1. The number of aromatic nitrogens is 1. The van der Waals surface area contributed by atoms with Gasteiger partial charge < -0.3 is 10.3 Å². The van der Waals surface area contributed by atoms with Gasteiger partial charge in [0.2, 0.25) is 0 Å². The van der Waals surface area contributed by atoms with Crippen LogP contribution in [0.5, 0.6) is 0 Å². The van der Waals surface area contributed by atoms with Gasteiger partial charge in [0.1, 0.15) is 5.82 Å². The Morgan fingerprint density at radius 3 is 3.15 bits per heavy atom. The first kappa shape index (κ1) is 14.7. The highest BCUT2D eigenvalue weighted by Gasteiger charge is 2.25. The minimum atomic E-state index is 0.00635. The fourth-order valence-corrected chi connectivity index (χ4v) is 2.78. The second kappa shape index (κ2) is 6.67. The lowest BCUT2D eigenvalue weighted by atomic mass is 10.2. The van der Waals surface area contributed by atoms with E-state index in [1.807, 2.05) is 7.05 Å². The van der Waals surface area contributed by atoms with Crippen LogP contribution in [0.2, 0.25) is 0 Å². The first-order chi connectivity index (χ1) is 9.65. The molecule has 0 aromatic carbocycles. The third-order valence-electron chi connectivity index (χ3n) is 3.89. The highest BCUT2D eigenvalue weighted by Crippen LogP contribution is 2.18. The third-order valence-corrected chi connectivity index (χ3v) is 3.89. The SMILES string of the molecule is CCN1CCCC1CN(C)C(=O)c1ccnc(NN)c1. The molecule has 1 saturated heterocycles. The Kier molecular flexibility index (Phi) is 4.92. The molecule has 1 unspecified atom stereocenters. The maximum Gasteiger partial charge on any atom is 0.253 e. The third kappa shape index (κ3) is 3.26. The maximum atomic E-state index is 12.4. The Bertz CT molecular complexity index is 465. The summed E-state index contributed by atoms with van der Waals surface area (Å²) in [6.45, 7) is 5.12. The molecule has 1 aromatic rings. The van der Waals surface area contributed by atoms with E-state index in [-0.39, 0.29) is 5.91 Å². The lowest BCUT2D eigenvalue weighted by molar-refractivity contribution is 0.0754. The van der Waals surface area contributed by atoms with E-state index in [0.29, 0.717) is 17.4 Å². The van der Waals surface area contributed by atoms with Crippen molar-refractivity contribution in [3.63, 3.8) is 0 Å². The van der Waals surface area contributed by atoms with Gasteiger partial charge in [-0.1, -0.05) is 6.92 Å². The molecule has 20 heavy (non-hydrogen) atoms. The molecule has 0 bridgehead atoms. The van der Waals surface area contributed by atoms with Gasteiger partial charge in [-0.05, 0) is 38.1 Å². The predicted molar refractivity (Wildman–Crippen MR) is 79.3 cm³/mol. The van der Waals surface area contributed by atoms with Gasteiger partial charge in [0.25, 0.3) is 5.91 Å². The normalized spacial score (nSPS) is 19.1. The van der Waals surface area contributed by atoms with Crippen molar-refractivity contribution in [1.82, 2.24) is 14.8 Å². The molecular weight excluding hydrogens is 254 g/mol. The summed E-state index contributed by atoms with van der Waals surface area (Å²) in [4.78, 5) is 20.6. The largest absolute Gasteiger partial charge is 0.340 e. The summed E-state index contributed by atoms with van der Waals surface area (Å²) >= 11 is 0. The van der Waals surface area contributed by atoms with E-state index in [1.165, 1.54) is 6.42 Å². The van der Waals surface area contributed by atoms with Gasteiger partial charge in [-0.2, -0.15) is 0 Å². The highest BCUT2D eigenvalue weighted by atomic mass is 16.2. The summed E-state index contributed by atoms with van der Waals surface area (Å²) in [5, 5.41) is 0. The molecule has 6 heteroatoms. The zero-order valence-electron chi connectivity index (χ0n) is 12.2. The second-order valence-electron chi connectivity index (χ2n) is 5.18. The van der Waals surface area contributed by atoms with Crippen LogP contribution in [-0.2, 0) is 0 Å². The topological polar surface area (TPSA) is 74.5 Å². The lowest BCUT2D eigenvalue weighted by Crippen LogP contribution is -2.41. The zero-order valence-corrected chi connectivity index (χ0v) is 12.2. The average Bonchev–Trinajstić information content (AvgIpc) is 2.93. The van der Waals surface area contributed by atoms with E-state index < -0.39 is 0 Å². The van der Waals surface area contributed by atoms with Gasteiger partial charge in [0.05, 0.1) is 0 Å². The van der Waals surface area contributed by atoms with Gasteiger partial charge in [-0.25, -0.2) is 10.8 Å². The first-order valence-corrected chi connectivity index (χ1v) is 7.08. The Morgan fingerprint density at radius 2 is 2.45 bits per heavy atom. The van der Waals surface area contributed by atoms with Crippen LogP contribution in [0.25, 0.3) is 0 Å². The van der Waals surface area contributed by atoms with Crippen molar-refractivity contribution in [2.24, 2.45) is 5.84 Å². The maximum absolute atomic E-state index is 12.4. The first-order valence-electron chi connectivity index (χ1n) is 7.08. The molecule has 1 aliphatic heterocycles. The summed E-state index contributed by atoms with van der Waals surface area (Å²) in [6, 6.07) is 3.86. The number of pyridine rings is 1. The summed E-state index contributed by atoms with van der Waals surface area (Å²) < 4.78 is 0. The van der Waals surface area contributed by atoms with Crippen molar-refractivity contribution >= 4 is 11.7 Å². The van der Waals surface area contributed by atoms with E-state index in [0.717, 1.165) is 26.1 Å². The number of nitrogens with zero attached hydrogens (tertiary/aromatic N) is 3. The Hall–Kier alpha value is -1.66. The molecular formula is C14H23N5O. The van der Waals surface area contributed by atoms with Crippen LogP contribution in [0.1, 0.15) is 30.1 Å². The van der Waals surface area contributed by atoms with E-state index >= 15 is 0 Å². The fraction of sp³-hybridized carbons (Fsp3) is 0.571. The summed E-state index contributed by atoms with van der Waals surface area (Å²) in [7, 11) is 1.85. The van der Waals surface area contributed by atoms with Crippen molar-refractivity contribution in [3.05, 3.63) is 23.9 Å². The van der Waals surface area contributed by atoms with Crippen molar-refractivity contribution < 1.29 is 4.79 Å². The molecule has 1 atom stereocenters. The van der Waals surface area contributed by atoms with Gasteiger partial charge in [-0.3, -0.25) is 9.69 Å². The average molecular weight is 277 g/mol. The van der Waals surface area contributed by atoms with Gasteiger partial charge in [0, 0.05) is 31.4 Å². The lowest BCUT2D eigenvalue weighted by Gasteiger charge is -2.27. The van der Waals surface area contributed by atoms with Crippen molar-refractivity contribution in [2.45, 2.75) is 25.8 Å². The Morgan fingerprint density at radius 1 is 1.65 bits per heavy atom. The molecule has 0 saturated carbocycles. The number of hydrogen-bond acceptors (Lipinski definition) is 5. The van der Waals surface area contributed by atoms with Gasteiger partial charge in [0.15, 0.2) is 0 Å². The number of carbonyl (C=O) groups is 1. The molecule has 1 aromatic heterocycles. The van der Waals surface area contributed by atoms with Crippen LogP contribution >= 0.6 is 0 Å². The molecule has 6 nitrogen and oxygen atoms in total. The van der Waals surface area contributed by atoms with Crippen molar-refractivity contribution in [3.8, 4) is 0 Å². The van der Waals surface area contributed by atoms with E-state index in [1.54, 1.807) is 23.2 Å². The van der Waals surface area contributed by atoms with Crippen LogP contribution < -0.4 is 11.3 Å². The molecule has 0 radical (unpaired) electrons. The summed E-state index contributed by atoms with van der Waals surface area (Å²) in [5.74, 6) is 5.83. The molecule has 2 rings (SSSR count). The number of rotatable bonds is 5. The predicted octanol–water partition coefficient (Wildman–Crippen LogP) is 0.924. The number of carbonyl (C=O) groups excluding carboxylic acids is 1. The van der Waals surface area contributed by atoms with E-state index in [2.05, 4.69) is 22.2 Å². The number of anilines is 1. The monoisotopic (exact) mass is 277 g/mol. The number of amides is 1. The van der Waals surface area contributed by atoms with E-state index in [9.17, 15) is 4.79 Å². The Labute approximate surface area is 119 Å². The molecule has 110 valence electrons. The number of hydrazine groups is 1. The standard InChI is InChI=1S/C14H23N5O/c1-3-19-8-4-5-12(19)10-18(2)14(20)11-6-7-16-13(9-11)17-15/h6-7,9,12H,3-5,8,10,15H2,1-2H3,(H,16,17). The number of likely N-dealkylation sites (N-methyl/N-ethyl adjacent to an activating group) is 2. The molecule has 1 fully saturated rings. The minimum absolute atomic E-state index is 0.00635. The van der Waals surface area contributed by atoms with Crippen molar-refractivity contribution in [1.29, 1.82) is 0 Å². The molecule has 0 aliphatic carbocycles. The van der Waals surface area contributed by atoms with Crippen LogP contribution in [0.4, 0.5) is 5.82 Å². The number of hydrogen-bond donors (Lipinski definition) is 2. The summed E-state index contributed by atoms with van der Waals surface area (Å²) in [6.07, 6.45) is 3.97. The van der Waals surface area contributed by atoms with Gasteiger partial charge >= 0.3 is 0 Å². The van der Waals surface area contributed by atoms with Crippen LogP contribution in [-0.4, -0.2) is 53.4 Å². The molecule has 1 aliphatic rings. The summed E-state index contributed by atoms with van der Waals surface area (Å²) in [5.41, 5.74) is 3.07. The minimum Gasteiger partial charge on any atom is -0.340 e. The van der Waals surface area contributed by atoms with Gasteiger partial charge in [-0.15, -0.1) is 0 Å². The van der Waals surface area contributed by atoms with Crippen LogP contribution in [0, 0.1) is 0 Å². The number of nitrogen functional groups attached to an aromatic ring is 1. The van der Waals surface area contributed by atoms with Crippen LogP contribution in [0.15, 0.2) is 18.3 Å². The van der Waals surface area contributed by atoms with E-state index in [4.69, 9.17) is 5.84 Å². The van der Waals surface area contributed by atoms with Crippen LogP contribution in [0.3, 0.4) is 0 Å². The molecule has 1 amide bonds. The molecule has 2 heterocycles. The number of nitrogens with two attached hydrogens (primary N) is 1. The smallest absolute Gasteiger partial charge is 0.253 e. The Balaban J connectivity index is 2.01. The molecule has 0 spiro atoms. The zero-order chi connectivity index (χ0) is 14.5. The molecule has 3 N–H and O–H groups in total. The highest BCUT2D eigenvalue weighted by molar-refractivity contribution is 5.94.